The summed E-state index contributed by atoms with van der Waals surface area (Å²) in [6.45, 7) is 3.24. The molecule has 21 heavy (non-hydrogen) atoms. The fourth-order valence-electron chi connectivity index (χ4n) is 2.35. The van der Waals surface area contributed by atoms with E-state index in [0.717, 1.165) is 16.3 Å². The Morgan fingerprint density at radius 2 is 1.81 bits per heavy atom. The lowest BCUT2D eigenvalue weighted by atomic mass is 9.82. The predicted octanol–water partition coefficient (Wildman–Crippen LogP) is 3.04. The molecule has 0 saturated heterocycles. The highest BCUT2D eigenvalue weighted by atomic mass is 16.5. The molecule has 1 atom stereocenters. The van der Waals surface area contributed by atoms with Crippen molar-refractivity contribution in [2.75, 3.05) is 6.61 Å². The first-order chi connectivity index (χ1) is 9.99. The minimum Gasteiger partial charge on any atom is -0.480 e. The third-order valence-electron chi connectivity index (χ3n) is 3.62. The molecule has 0 bridgehead atoms. The van der Waals surface area contributed by atoms with Gasteiger partial charge in [0.25, 0.3) is 0 Å². The predicted molar refractivity (Wildman–Crippen MR) is 80.0 cm³/mol. The van der Waals surface area contributed by atoms with Crippen molar-refractivity contribution in [2.45, 2.75) is 20.3 Å². The van der Waals surface area contributed by atoms with E-state index in [1.807, 2.05) is 42.5 Å². The fraction of sp³-hybridized carbons (Fsp3) is 0.294. The topological polar surface area (TPSA) is 63.6 Å². The molecule has 0 aliphatic rings. The van der Waals surface area contributed by atoms with Gasteiger partial charge in [-0.3, -0.25) is 9.59 Å². The van der Waals surface area contributed by atoms with Crippen LogP contribution in [0.4, 0.5) is 0 Å². The maximum Gasteiger partial charge on any atom is 0.323 e. The van der Waals surface area contributed by atoms with E-state index in [1.54, 1.807) is 6.92 Å². The Balaban J connectivity index is 2.45. The van der Waals surface area contributed by atoms with Crippen molar-refractivity contribution in [1.82, 2.24) is 0 Å². The van der Waals surface area contributed by atoms with Crippen LogP contribution in [-0.2, 0) is 20.7 Å². The smallest absolute Gasteiger partial charge is 0.323 e. The summed E-state index contributed by atoms with van der Waals surface area (Å²) >= 11 is 0. The molecule has 0 spiro atoms. The summed E-state index contributed by atoms with van der Waals surface area (Å²) in [4.78, 5) is 23.6. The van der Waals surface area contributed by atoms with E-state index in [-0.39, 0.29) is 13.0 Å². The minimum atomic E-state index is -1.58. The van der Waals surface area contributed by atoms with E-state index >= 15 is 0 Å². The van der Waals surface area contributed by atoms with Crippen molar-refractivity contribution in [3.8, 4) is 0 Å². The molecule has 1 N–H and O–H groups in total. The summed E-state index contributed by atoms with van der Waals surface area (Å²) in [6.07, 6.45) is 0.0997. The fourth-order valence-corrected chi connectivity index (χ4v) is 2.35. The van der Waals surface area contributed by atoms with Crippen molar-refractivity contribution < 1.29 is 19.4 Å². The van der Waals surface area contributed by atoms with Crippen LogP contribution < -0.4 is 0 Å². The molecule has 2 aromatic rings. The lowest BCUT2D eigenvalue weighted by molar-refractivity contribution is -0.167. The zero-order valence-corrected chi connectivity index (χ0v) is 12.1. The molecule has 0 saturated carbocycles. The second-order valence-corrected chi connectivity index (χ2v) is 5.17. The molecular weight excluding hydrogens is 268 g/mol. The Hall–Kier alpha value is -2.36. The van der Waals surface area contributed by atoms with Crippen LogP contribution in [0.3, 0.4) is 0 Å². The number of aliphatic carboxylic acids is 1. The molecule has 0 aromatic heterocycles. The summed E-state index contributed by atoms with van der Waals surface area (Å²) < 4.78 is 4.93. The molecule has 4 heteroatoms. The number of carbonyl (C=O) groups is 2. The van der Waals surface area contributed by atoms with Crippen LogP contribution in [0.1, 0.15) is 19.4 Å². The lowest BCUT2D eigenvalue weighted by Gasteiger charge is -2.23. The molecule has 0 aliphatic carbocycles. The van der Waals surface area contributed by atoms with Crippen LogP contribution in [-0.4, -0.2) is 23.7 Å². The third kappa shape index (κ3) is 2.89. The quantitative estimate of drug-likeness (QED) is 0.678. The molecule has 0 fully saturated rings. The first-order valence-corrected chi connectivity index (χ1v) is 6.86. The number of carbonyl (C=O) groups excluding carboxylic acids is 1. The number of hydrogen-bond acceptors (Lipinski definition) is 3. The number of hydrogen-bond donors (Lipinski definition) is 1. The Labute approximate surface area is 123 Å². The maximum absolute atomic E-state index is 12.0. The second kappa shape index (κ2) is 5.95. The van der Waals surface area contributed by atoms with Crippen LogP contribution in [0.25, 0.3) is 10.8 Å². The van der Waals surface area contributed by atoms with Gasteiger partial charge < -0.3 is 9.84 Å². The van der Waals surface area contributed by atoms with Gasteiger partial charge in [-0.05, 0) is 36.6 Å². The summed E-state index contributed by atoms with van der Waals surface area (Å²) in [5.41, 5.74) is -0.758. The number of esters is 1. The van der Waals surface area contributed by atoms with Crippen LogP contribution in [0.2, 0.25) is 0 Å². The van der Waals surface area contributed by atoms with Crippen molar-refractivity contribution in [2.24, 2.45) is 5.41 Å². The molecule has 0 heterocycles. The van der Waals surface area contributed by atoms with Crippen LogP contribution in [0, 0.1) is 5.41 Å². The van der Waals surface area contributed by atoms with E-state index in [9.17, 15) is 14.7 Å². The molecule has 110 valence electrons. The van der Waals surface area contributed by atoms with Gasteiger partial charge in [-0.1, -0.05) is 42.5 Å². The number of rotatable bonds is 5. The van der Waals surface area contributed by atoms with Crippen LogP contribution in [0.15, 0.2) is 42.5 Å². The van der Waals surface area contributed by atoms with Gasteiger partial charge >= 0.3 is 11.9 Å². The molecule has 2 rings (SSSR count). The Morgan fingerprint density at radius 1 is 1.14 bits per heavy atom. The highest BCUT2D eigenvalue weighted by Gasteiger charge is 2.43. The zero-order chi connectivity index (χ0) is 15.5. The average Bonchev–Trinajstić information content (AvgIpc) is 2.47. The number of benzene rings is 2. The van der Waals surface area contributed by atoms with Gasteiger partial charge in [0.05, 0.1) is 6.61 Å². The molecular formula is C17H18O4. The highest BCUT2D eigenvalue weighted by molar-refractivity contribution is 5.99. The van der Waals surface area contributed by atoms with Gasteiger partial charge in [0.2, 0.25) is 0 Å². The summed E-state index contributed by atoms with van der Waals surface area (Å²) in [6, 6.07) is 13.4. The Morgan fingerprint density at radius 3 is 2.48 bits per heavy atom. The van der Waals surface area contributed by atoms with Crippen molar-refractivity contribution in [3.63, 3.8) is 0 Å². The number of carboxylic acids is 1. The first kappa shape index (κ1) is 15.0. The molecule has 0 aliphatic heterocycles. The Bertz CT molecular complexity index is 672. The maximum atomic E-state index is 12.0. The lowest BCUT2D eigenvalue weighted by Crippen LogP contribution is -2.40. The van der Waals surface area contributed by atoms with Crippen LogP contribution in [0.5, 0.6) is 0 Å². The minimum absolute atomic E-state index is 0.0997. The largest absolute Gasteiger partial charge is 0.480 e. The average molecular weight is 286 g/mol. The highest BCUT2D eigenvalue weighted by Crippen LogP contribution is 2.29. The van der Waals surface area contributed by atoms with Crippen molar-refractivity contribution in [1.29, 1.82) is 0 Å². The van der Waals surface area contributed by atoms with Gasteiger partial charge in [0, 0.05) is 0 Å². The third-order valence-corrected chi connectivity index (χ3v) is 3.62. The van der Waals surface area contributed by atoms with Crippen molar-refractivity contribution >= 4 is 22.7 Å². The molecule has 2 aromatic carbocycles. The number of ether oxygens (including phenoxy) is 1. The SMILES string of the molecule is CCOC(=O)C(C)(Cc1cccc2ccccc12)C(=O)O. The van der Waals surface area contributed by atoms with Gasteiger partial charge in [-0.15, -0.1) is 0 Å². The monoisotopic (exact) mass is 286 g/mol. The molecule has 0 amide bonds. The summed E-state index contributed by atoms with van der Waals surface area (Å²) in [5, 5.41) is 11.4. The van der Waals surface area contributed by atoms with E-state index in [4.69, 9.17) is 4.74 Å². The van der Waals surface area contributed by atoms with E-state index in [0.29, 0.717) is 0 Å². The van der Waals surface area contributed by atoms with Gasteiger partial charge in [-0.2, -0.15) is 0 Å². The second-order valence-electron chi connectivity index (χ2n) is 5.17. The van der Waals surface area contributed by atoms with Crippen LogP contribution >= 0.6 is 0 Å². The van der Waals surface area contributed by atoms with E-state index < -0.39 is 17.4 Å². The molecule has 0 radical (unpaired) electrons. The number of carboxylic acid groups (broad SMARTS) is 1. The number of fused-ring (bicyclic) bond motifs is 1. The van der Waals surface area contributed by atoms with E-state index in [1.165, 1.54) is 6.92 Å². The van der Waals surface area contributed by atoms with Crippen molar-refractivity contribution in [3.05, 3.63) is 48.0 Å². The van der Waals surface area contributed by atoms with Gasteiger partial charge in [0.15, 0.2) is 5.41 Å². The van der Waals surface area contributed by atoms with Gasteiger partial charge in [-0.25, -0.2) is 0 Å². The summed E-state index contributed by atoms with van der Waals surface area (Å²) in [5.74, 6) is -1.88. The molecule has 1 unspecified atom stereocenters. The zero-order valence-electron chi connectivity index (χ0n) is 12.1. The Kier molecular flexibility index (Phi) is 4.26. The standard InChI is InChI=1S/C17H18O4/c1-3-21-16(20)17(2,15(18)19)11-13-9-6-8-12-7-4-5-10-14(12)13/h4-10H,3,11H2,1-2H3,(H,18,19). The normalized spacial score (nSPS) is 13.6. The van der Waals surface area contributed by atoms with Gasteiger partial charge in [0.1, 0.15) is 0 Å². The molecule has 4 nitrogen and oxygen atoms in total. The first-order valence-electron chi connectivity index (χ1n) is 6.86. The summed E-state index contributed by atoms with van der Waals surface area (Å²) in [7, 11) is 0. The van der Waals surface area contributed by atoms with E-state index in [2.05, 4.69) is 0 Å².